The van der Waals surface area contributed by atoms with Gasteiger partial charge >= 0.3 is 0 Å². The van der Waals surface area contributed by atoms with Crippen LogP contribution < -0.4 is 5.73 Å². The van der Waals surface area contributed by atoms with E-state index in [-0.39, 0.29) is 6.04 Å². The molecule has 0 aliphatic rings. The molecule has 1 atom stereocenters. The van der Waals surface area contributed by atoms with E-state index in [1.807, 2.05) is 18.2 Å². The molecule has 0 bridgehead atoms. The highest BCUT2D eigenvalue weighted by atomic mass is 79.9. The van der Waals surface area contributed by atoms with Gasteiger partial charge in [-0.15, -0.1) is 0 Å². The third kappa shape index (κ3) is 3.04. The Morgan fingerprint density at radius 3 is 2.45 bits per heavy atom. The molecule has 0 aromatic heterocycles. The molecule has 0 fully saturated rings. The fraction of sp³-hybridized carbons (Fsp3) is 0.333. The van der Waals surface area contributed by atoms with Crippen LogP contribution in [0.3, 0.4) is 0 Å². The molecule has 1 aromatic carbocycles. The van der Waals surface area contributed by atoms with Crippen molar-refractivity contribution >= 4 is 15.9 Å². The highest BCUT2D eigenvalue weighted by molar-refractivity contribution is 9.09. The molecule has 0 unspecified atom stereocenters. The van der Waals surface area contributed by atoms with Gasteiger partial charge in [-0.25, -0.2) is 0 Å². The van der Waals surface area contributed by atoms with Gasteiger partial charge in [-0.05, 0) is 12.0 Å². The molecule has 0 amide bonds. The van der Waals surface area contributed by atoms with E-state index in [1.54, 1.807) is 0 Å². The van der Waals surface area contributed by atoms with Crippen molar-refractivity contribution in [2.45, 2.75) is 12.5 Å². The monoisotopic (exact) mass is 213 g/mol. The molecule has 0 saturated heterocycles. The number of rotatable bonds is 3. The summed E-state index contributed by atoms with van der Waals surface area (Å²) in [6.45, 7) is 0. The number of hydrogen-bond donors (Lipinski definition) is 1. The van der Waals surface area contributed by atoms with Gasteiger partial charge in [-0.3, -0.25) is 0 Å². The molecule has 0 saturated carbocycles. The predicted molar refractivity (Wildman–Crippen MR) is 51.9 cm³/mol. The number of alkyl halides is 1. The minimum atomic E-state index is 0.234. The van der Waals surface area contributed by atoms with E-state index in [1.165, 1.54) is 5.56 Å². The van der Waals surface area contributed by atoms with Crippen molar-refractivity contribution in [3.05, 3.63) is 35.9 Å². The Hall–Kier alpha value is -0.340. The predicted octanol–water partition coefficient (Wildman–Crippen LogP) is 1.95. The molecule has 0 heterocycles. The van der Waals surface area contributed by atoms with Crippen LogP contribution in [0.4, 0.5) is 0 Å². The van der Waals surface area contributed by atoms with E-state index in [9.17, 15) is 0 Å². The van der Waals surface area contributed by atoms with Gasteiger partial charge in [0.25, 0.3) is 0 Å². The van der Waals surface area contributed by atoms with E-state index in [0.717, 1.165) is 11.8 Å². The van der Waals surface area contributed by atoms with Crippen molar-refractivity contribution in [1.82, 2.24) is 0 Å². The highest BCUT2D eigenvalue weighted by Crippen LogP contribution is 2.02. The maximum atomic E-state index is 5.76. The minimum Gasteiger partial charge on any atom is -0.327 e. The van der Waals surface area contributed by atoms with Crippen molar-refractivity contribution in [2.24, 2.45) is 5.73 Å². The van der Waals surface area contributed by atoms with Crippen molar-refractivity contribution in [3.63, 3.8) is 0 Å². The van der Waals surface area contributed by atoms with Gasteiger partial charge in [-0.1, -0.05) is 46.3 Å². The van der Waals surface area contributed by atoms with Crippen molar-refractivity contribution < 1.29 is 0 Å². The van der Waals surface area contributed by atoms with Crippen LogP contribution in [-0.2, 0) is 6.42 Å². The smallest absolute Gasteiger partial charge is 0.0187 e. The molecule has 60 valence electrons. The quantitative estimate of drug-likeness (QED) is 0.764. The zero-order valence-corrected chi connectivity index (χ0v) is 7.92. The molecule has 1 nitrogen and oxygen atoms in total. The summed E-state index contributed by atoms with van der Waals surface area (Å²) in [5.41, 5.74) is 7.06. The van der Waals surface area contributed by atoms with Gasteiger partial charge in [0.1, 0.15) is 0 Å². The fourth-order valence-electron chi connectivity index (χ4n) is 0.971. The second kappa shape index (κ2) is 4.52. The molecule has 0 aliphatic heterocycles. The molecule has 0 aliphatic carbocycles. The molecule has 1 rings (SSSR count). The lowest BCUT2D eigenvalue weighted by Gasteiger charge is -2.06. The van der Waals surface area contributed by atoms with Crippen LogP contribution in [0, 0.1) is 0 Å². The first-order valence-electron chi connectivity index (χ1n) is 3.68. The van der Waals surface area contributed by atoms with Crippen molar-refractivity contribution in [1.29, 1.82) is 0 Å². The second-order valence-electron chi connectivity index (χ2n) is 2.60. The lowest BCUT2D eigenvalue weighted by molar-refractivity contribution is 0.753. The van der Waals surface area contributed by atoms with Gasteiger partial charge in [0.05, 0.1) is 0 Å². The lowest BCUT2D eigenvalue weighted by Crippen LogP contribution is -2.24. The Labute approximate surface area is 75.7 Å². The largest absolute Gasteiger partial charge is 0.327 e. The number of hydrogen-bond acceptors (Lipinski definition) is 1. The maximum Gasteiger partial charge on any atom is 0.0187 e. The topological polar surface area (TPSA) is 26.0 Å². The Balaban J connectivity index is 2.51. The van der Waals surface area contributed by atoms with Crippen LogP contribution in [0.2, 0.25) is 0 Å². The zero-order chi connectivity index (χ0) is 8.10. The van der Waals surface area contributed by atoms with Crippen LogP contribution in [0.25, 0.3) is 0 Å². The summed E-state index contributed by atoms with van der Waals surface area (Å²) in [4.78, 5) is 0. The van der Waals surface area contributed by atoms with E-state index in [2.05, 4.69) is 28.1 Å². The van der Waals surface area contributed by atoms with Crippen molar-refractivity contribution in [2.75, 3.05) is 5.33 Å². The molecular formula is C9H12BrN. The highest BCUT2D eigenvalue weighted by Gasteiger charge is 1.99. The SMILES string of the molecule is N[C@@H](CBr)Cc1ccccc1. The first kappa shape index (κ1) is 8.75. The van der Waals surface area contributed by atoms with Gasteiger partial charge < -0.3 is 5.73 Å². The van der Waals surface area contributed by atoms with Gasteiger partial charge in [0, 0.05) is 11.4 Å². The molecule has 11 heavy (non-hydrogen) atoms. The Kier molecular flexibility index (Phi) is 3.60. The lowest BCUT2D eigenvalue weighted by atomic mass is 10.1. The summed E-state index contributed by atoms with van der Waals surface area (Å²) >= 11 is 3.35. The average Bonchev–Trinajstić information content (AvgIpc) is 2.06. The maximum absolute atomic E-state index is 5.76. The average molecular weight is 214 g/mol. The third-order valence-electron chi connectivity index (χ3n) is 1.54. The van der Waals surface area contributed by atoms with Crippen LogP contribution >= 0.6 is 15.9 Å². The normalized spacial score (nSPS) is 12.9. The van der Waals surface area contributed by atoms with Crippen molar-refractivity contribution in [3.8, 4) is 0 Å². The Morgan fingerprint density at radius 1 is 1.27 bits per heavy atom. The summed E-state index contributed by atoms with van der Waals surface area (Å²) < 4.78 is 0. The number of benzene rings is 1. The van der Waals surface area contributed by atoms with Crippen LogP contribution in [0.1, 0.15) is 5.56 Å². The van der Waals surface area contributed by atoms with Crippen LogP contribution in [-0.4, -0.2) is 11.4 Å². The van der Waals surface area contributed by atoms with E-state index in [4.69, 9.17) is 5.73 Å². The summed E-state index contributed by atoms with van der Waals surface area (Å²) in [6, 6.07) is 10.5. The van der Waals surface area contributed by atoms with Gasteiger partial charge in [-0.2, -0.15) is 0 Å². The number of halogens is 1. The van der Waals surface area contributed by atoms with Gasteiger partial charge in [0.2, 0.25) is 0 Å². The third-order valence-corrected chi connectivity index (χ3v) is 2.37. The molecular weight excluding hydrogens is 202 g/mol. The first-order valence-corrected chi connectivity index (χ1v) is 4.80. The summed E-state index contributed by atoms with van der Waals surface area (Å²) in [6.07, 6.45) is 0.950. The van der Waals surface area contributed by atoms with E-state index in [0.29, 0.717) is 0 Å². The Morgan fingerprint density at radius 2 is 1.91 bits per heavy atom. The standard InChI is InChI=1S/C9H12BrN/c10-7-9(11)6-8-4-2-1-3-5-8/h1-5,9H,6-7,11H2/t9-/m1/s1. The van der Waals surface area contributed by atoms with E-state index < -0.39 is 0 Å². The fourth-order valence-corrected chi connectivity index (χ4v) is 1.20. The van der Waals surface area contributed by atoms with Crippen LogP contribution in [0.5, 0.6) is 0 Å². The van der Waals surface area contributed by atoms with Crippen LogP contribution in [0.15, 0.2) is 30.3 Å². The summed E-state index contributed by atoms with van der Waals surface area (Å²) in [7, 11) is 0. The molecule has 0 spiro atoms. The Bertz CT molecular complexity index is 198. The summed E-state index contributed by atoms with van der Waals surface area (Å²) in [5.74, 6) is 0. The molecule has 2 heteroatoms. The molecule has 0 radical (unpaired) electrons. The minimum absolute atomic E-state index is 0.234. The van der Waals surface area contributed by atoms with Gasteiger partial charge in [0.15, 0.2) is 0 Å². The summed E-state index contributed by atoms with van der Waals surface area (Å²) in [5, 5.41) is 0.863. The second-order valence-corrected chi connectivity index (χ2v) is 3.25. The molecule has 1 aromatic rings. The van der Waals surface area contributed by atoms with E-state index >= 15 is 0 Å². The zero-order valence-electron chi connectivity index (χ0n) is 6.33. The molecule has 2 N–H and O–H groups in total. The first-order chi connectivity index (χ1) is 5.33. The number of nitrogens with two attached hydrogens (primary N) is 1.